The molecule has 1 aromatic heterocycles. The van der Waals surface area contributed by atoms with E-state index in [4.69, 9.17) is 4.74 Å². The van der Waals surface area contributed by atoms with E-state index in [-0.39, 0.29) is 13.2 Å². The molecule has 1 aromatic rings. The van der Waals surface area contributed by atoms with Gasteiger partial charge in [-0.15, -0.1) is 5.10 Å². The normalized spacial score (nSPS) is 12.3. The zero-order valence-corrected chi connectivity index (χ0v) is 12.5. The van der Waals surface area contributed by atoms with Gasteiger partial charge in [0, 0.05) is 12.4 Å². The Morgan fingerprint density at radius 2 is 2.35 bits per heavy atom. The lowest BCUT2D eigenvalue weighted by Crippen LogP contribution is -2.19. The maximum atomic E-state index is 11.2. The Morgan fingerprint density at radius 3 is 3.05 bits per heavy atom. The second-order valence-corrected chi connectivity index (χ2v) is 5.08. The summed E-state index contributed by atoms with van der Waals surface area (Å²) in [7, 11) is 1.30. The molecule has 0 fully saturated rings. The summed E-state index contributed by atoms with van der Waals surface area (Å²) in [5.41, 5.74) is 0. The molecule has 8 nitrogen and oxygen atoms in total. The lowest BCUT2D eigenvalue weighted by molar-refractivity contribution is -0.141. The van der Waals surface area contributed by atoms with Crippen LogP contribution in [0, 0.1) is 0 Å². The van der Waals surface area contributed by atoms with Gasteiger partial charge in [-0.1, -0.05) is 25.1 Å². The third-order valence-electron chi connectivity index (χ3n) is 2.36. The summed E-state index contributed by atoms with van der Waals surface area (Å²) in [4.78, 5) is 11.2. The highest BCUT2D eigenvalue weighted by molar-refractivity contribution is 7.99. The number of ether oxygens (including phenoxy) is 2. The molecule has 1 N–H and O–H groups in total. The lowest BCUT2D eigenvalue weighted by atomic mass is 10.3. The molecule has 1 unspecified atom stereocenters. The first kappa shape index (κ1) is 16.9. The first-order chi connectivity index (χ1) is 9.67. The molecular formula is C11H20N4O4S. The smallest absolute Gasteiger partial charge is 0.327 e. The van der Waals surface area contributed by atoms with E-state index in [1.165, 1.54) is 23.6 Å². The number of aliphatic hydroxyl groups excluding tert-OH is 1. The molecule has 0 saturated carbocycles. The Labute approximate surface area is 121 Å². The molecule has 0 aliphatic heterocycles. The molecule has 1 heterocycles. The van der Waals surface area contributed by atoms with Crippen molar-refractivity contribution in [3.63, 3.8) is 0 Å². The number of carbonyl (C=O) groups is 1. The first-order valence-corrected chi connectivity index (χ1v) is 7.37. The fourth-order valence-electron chi connectivity index (χ4n) is 1.27. The quantitative estimate of drug-likeness (QED) is 0.369. The van der Waals surface area contributed by atoms with Crippen LogP contribution in [-0.4, -0.2) is 63.5 Å². The number of rotatable bonds is 10. The molecule has 114 valence electrons. The minimum Gasteiger partial charge on any atom is -0.468 e. The Morgan fingerprint density at radius 1 is 1.55 bits per heavy atom. The van der Waals surface area contributed by atoms with Crippen LogP contribution in [0.1, 0.15) is 19.8 Å². The fraction of sp³-hybridized carbons (Fsp3) is 0.818. The van der Waals surface area contributed by atoms with Gasteiger partial charge in [-0.2, -0.15) is 0 Å². The summed E-state index contributed by atoms with van der Waals surface area (Å²) in [6.07, 6.45) is 1.45. The van der Waals surface area contributed by atoms with Crippen molar-refractivity contribution in [1.29, 1.82) is 0 Å². The van der Waals surface area contributed by atoms with Crippen molar-refractivity contribution in [3.8, 4) is 0 Å². The van der Waals surface area contributed by atoms with Crippen molar-refractivity contribution in [1.82, 2.24) is 20.2 Å². The van der Waals surface area contributed by atoms with E-state index in [1.54, 1.807) is 0 Å². The molecule has 0 radical (unpaired) electrons. The van der Waals surface area contributed by atoms with Gasteiger partial charge in [0.15, 0.2) is 0 Å². The van der Waals surface area contributed by atoms with Crippen LogP contribution in [0.25, 0.3) is 0 Å². The van der Waals surface area contributed by atoms with E-state index in [0.29, 0.717) is 17.5 Å². The summed E-state index contributed by atoms with van der Waals surface area (Å²) in [6, 6.07) is 0. The standard InChI is InChI=1S/C11H20N4O4S/c1-3-4-5-19-7-9(16)8-20-11-12-13-14-15(11)6-10(17)18-2/h9,16H,3-8H2,1-2H3. The summed E-state index contributed by atoms with van der Waals surface area (Å²) >= 11 is 1.27. The second kappa shape index (κ2) is 9.67. The molecule has 1 rings (SSSR count). The minimum atomic E-state index is -0.597. The van der Waals surface area contributed by atoms with E-state index >= 15 is 0 Å². The van der Waals surface area contributed by atoms with Crippen LogP contribution in [-0.2, 0) is 20.8 Å². The summed E-state index contributed by atoms with van der Waals surface area (Å²) in [5.74, 6) is -0.0317. The van der Waals surface area contributed by atoms with Gasteiger partial charge in [0.05, 0.1) is 19.8 Å². The molecule has 9 heteroatoms. The zero-order chi connectivity index (χ0) is 14.8. The largest absolute Gasteiger partial charge is 0.468 e. The minimum absolute atomic E-state index is 0.0467. The number of esters is 1. The average molecular weight is 304 g/mol. The van der Waals surface area contributed by atoms with Crippen LogP contribution in [0.4, 0.5) is 0 Å². The van der Waals surface area contributed by atoms with Crippen LogP contribution in [0.5, 0.6) is 0 Å². The van der Waals surface area contributed by atoms with Gasteiger partial charge >= 0.3 is 5.97 Å². The van der Waals surface area contributed by atoms with E-state index in [0.717, 1.165) is 12.8 Å². The number of unbranched alkanes of at least 4 members (excludes halogenated alkanes) is 1. The number of aromatic nitrogens is 4. The molecule has 0 aliphatic carbocycles. The number of hydrogen-bond acceptors (Lipinski definition) is 8. The molecule has 0 bridgehead atoms. The SMILES string of the molecule is CCCCOCC(O)CSc1nnnn1CC(=O)OC. The van der Waals surface area contributed by atoms with Crippen LogP contribution in [0.15, 0.2) is 5.16 Å². The number of nitrogens with zero attached hydrogens (tertiary/aromatic N) is 4. The Hall–Kier alpha value is -1.19. The molecule has 0 amide bonds. The third kappa shape index (κ3) is 6.31. The molecular weight excluding hydrogens is 284 g/mol. The number of methoxy groups -OCH3 is 1. The van der Waals surface area contributed by atoms with Gasteiger partial charge in [-0.3, -0.25) is 4.79 Å². The molecule has 1 atom stereocenters. The number of thioether (sulfide) groups is 1. The Bertz CT molecular complexity index is 402. The fourth-order valence-corrected chi connectivity index (χ4v) is 2.05. The van der Waals surface area contributed by atoms with Crippen molar-refractivity contribution >= 4 is 17.7 Å². The van der Waals surface area contributed by atoms with Gasteiger partial charge in [-0.25, -0.2) is 4.68 Å². The van der Waals surface area contributed by atoms with Crippen LogP contribution >= 0.6 is 11.8 Å². The predicted molar refractivity (Wildman–Crippen MR) is 72.3 cm³/mol. The maximum absolute atomic E-state index is 11.2. The number of hydrogen-bond donors (Lipinski definition) is 1. The van der Waals surface area contributed by atoms with Crippen LogP contribution in [0.2, 0.25) is 0 Å². The highest BCUT2D eigenvalue weighted by Gasteiger charge is 2.13. The topological polar surface area (TPSA) is 99.4 Å². The lowest BCUT2D eigenvalue weighted by Gasteiger charge is -2.10. The van der Waals surface area contributed by atoms with E-state index in [2.05, 4.69) is 27.2 Å². The second-order valence-electron chi connectivity index (χ2n) is 4.09. The van der Waals surface area contributed by atoms with E-state index < -0.39 is 12.1 Å². The highest BCUT2D eigenvalue weighted by Crippen LogP contribution is 2.15. The van der Waals surface area contributed by atoms with Gasteiger partial charge in [-0.05, 0) is 16.8 Å². The van der Waals surface area contributed by atoms with Gasteiger partial charge in [0.2, 0.25) is 5.16 Å². The predicted octanol–water partition coefficient (Wildman–Crippen LogP) is 0.116. The monoisotopic (exact) mass is 304 g/mol. The highest BCUT2D eigenvalue weighted by atomic mass is 32.2. The molecule has 20 heavy (non-hydrogen) atoms. The maximum Gasteiger partial charge on any atom is 0.327 e. The number of aliphatic hydroxyl groups is 1. The van der Waals surface area contributed by atoms with Crippen LogP contribution < -0.4 is 0 Å². The van der Waals surface area contributed by atoms with Crippen LogP contribution in [0.3, 0.4) is 0 Å². The van der Waals surface area contributed by atoms with Crippen molar-refractivity contribution < 1.29 is 19.4 Å². The van der Waals surface area contributed by atoms with Gasteiger partial charge in [0.1, 0.15) is 6.54 Å². The summed E-state index contributed by atoms with van der Waals surface area (Å²) in [5, 5.41) is 21.2. The molecule has 0 aromatic carbocycles. The van der Waals surface area contributed by atoms with Crippen molar-refractivity contribution in [3.05, 3.63) is 0 Å². The van der Waals surface area contributed by atoms with Crippen molar-refractivity contribution in [2.24, 2.45) is 0 Å². The van der Waals surface area contributed by atoms with Crippen molar-refractivity contribution in [2.45, 2.75) is 37.6 Å². The molecule has 0 spiro atoms. The summed E-state index contributed by atoms with van der Waals surface area (Å²) < 4.78 is 11.2. The van der Waals surface area contributed by atoms with Gasteiger partial charge < -0.3 is 14.6 Å². The first-order valence-electron chi connectivity index (χ1n) is 6.39. The van der Waals surface area contributed by atoms with E-state index in [9.17, 15) is 9.90 Å². The zero-order valence-electron chi connectivity index (χ0n) is 11.7. The average Bonchev–Trinajstić information content (AvgIpc) is 2.88. The molecule has 0 saturated heterocycles. The third-order valence-corrected chi connectivity index (χ3v) is 3.46. The van der Waals surface area contributed by atoms with E-state index in [1.807, 2.05) is 0 Å². The van der Waals surface area contributed by atoms with Gasteiger partial charge in [0.25, 0.3) is 0 Å². The Kier molecular flexibility index (Phi) is 8.16. The number of tetrazole rings is 1. The molecule has 0 aliphatic rings. The number of carbonyl (C=O) groups excluding carboxylic acids is 1. The summed E-state index contributed by atoms with van der Waals surface area (Å²) in [6.45, 7) is 2.97. The van der Waals surface area contributed by atoms with Crippen molar-refractivity contribution in [2.75, 3.05) is 26.1 Å². The Balaban J connectivity index is 2.30.